The van der Waals surface area contributed by atoms with Gasteiger partial charge in [0.05, 0.1) is 16.2 Å². The molecule has 0 unspecified atom stereocenters. The van der Waals surface area contributed by atoms with Crippen molar-refractivity contribution in [1.29, 1.82) is 0 Å². The van der Waals surface area contributed by atoms with E-state index in [-0.39, 0.29) is 5.41 Å². The number of pyridine rings is 1. The van der Waals surface area contributed by atoms with E-state index in [2.05, 4.69) is 25.8 Å². The van der Waals surface area contributed by atoms with Crippen LogP contribution in [0, 0.1) is 0 Å². The van der Waals surface area contributed by atoms with Gasteiger partial charge in [-0.25, -0.2) is 9.36 Å². The molecular formula is C18H17ClN2O2. The predicted molar refractivity (Wildman–Crippen MR) is 92.3 cm³/mol. The van der Waals surface area contributed by atoms with Crippen molar-refractivity contribution >= 4 is 28.6 Å². The largest absolute Gasteiger partial charge is 0.464 e. The second kappa shape index (κ2) is 5.39. The average molecular weight is 329 g/mol. The van der Waals surface area contributed by atoms with Gasteiger partial charge in [0.1, 0.15) is 0 Å². The van der Waals surface area contributed by atoms with Crippen molar-refractivity contribution in [2.24, 2.45) is 0 Å². The van der Waals surface area contributed by atoms with Gasteiger partial charge in [0.15, 0.2) is 0 Å². The lowest BCUT2D eigenvalue weighted by atomic mass is 9.85. The SMILES string of the molecule is CC(C)(C)c1cccc2c1c(Cl)c(-c1cccnc1)n2C(=O)O. The van der Waals surface area contributed by atoms with Crippen molar-refractivity contribution in [1.82, 2.24) is 9.55 Å². The molecule has 0 atom stereocenters. The zero-order valence-corrected chi connectivity index (χ0v) is 13.9. The molecule has 1 aromatic carbocycles. The minimum Gasteiger partial charge on any atom is -0.464 e. The summed E-state index contributed by atoms with van der Waals surface area (Å²) < 4.78 is 1.24. The molecule has 1 N–H and O–H groups in total. The van der Waals surface area contributed by atoms with Crippen LogP contribution in [-0.4, -0.2) is 20.8 Å². The van der Waals surface area contributed by atoms with E-state index >= 15 is 0 Å². The number of carbonyl (C=O) groups is 1. The molecule has 5 heteroatoms. The van der Waals surface area contributed by atoms with E-state index in [1.54, 1.807) is 24.5 Å². The van der Waals surface area contributed by atoms with Gasteiger partial charge in [-0.1, -0.05) is 44.5 Å². The Morgan fingerprint density at radius 3 is 2.52 bits per heavy atom. The van der Waals surface area contributed by atoms with Gasteiger partial charge >= 0.3 is 6.09 Å². The Morgan fingerprint density at radius 1 is 1.22 bits per heavy atom. The molecule has 3 aromatic rings. The molecule has 0 amide bonds. The Kier molecular flexibility index (Phi) is 3.65. The third kappa shape index (κ3) is 2.49. The first-order valence-electron chi connectivity index (χ1n) is 7.29. The van der Waals surface area contributed by atoms with Gasteiger partial charge in [-0.05, 0) is 29.2 Å². The topological polar surface area (TPSA) is 55.1 Å². The minimum atomic E-state index is -1.06. The lowest BCUT2D eigenvalue weighted by molar-refractivity contribution is 0.198. The number of hydrogen-bond donors (Lipinski definition) is 1. The molecule has 2 aromatic heterocycles. The highest BCUT2D eigenvalue weighted by atomic mass is 35.5. The highest BCUT2D eigenvalue weighted by Gasteiger charge is 2.26. The zero-order chi connectivity index (χ0) is 16.8. The fourth-order valence-electron chi connectivity index (χ4n) is 2.88. The quantitative estimate of drug-likeness (QED) is 0.669. The molecule has 118 valence electrons. The number of aromatic nitrogens is 2. The molecule has 0 spiro atoms. The Morgan fingerprint density at radius 2 is 1.96 bits per heavy atom. The van der Waals surface area contributed by atoms with E-state index in [1.807, 2.05) is 18.2 Å². The van der Waals surface area contributed by atoms with Gasteiger partial charge in [-0.2, -0.15) is 0 Å². The van der Waals surface area contributed by atoms with Gasteiger partial charge in [-0.15, -0.1) is 0 Å². The van der Waals surface area contributed by atoms with E-state index in [0.717, 1.165) is 10.9 Å². The molecular weight excluding hydrogens is 312 g/mol. The average Bonchev–Trinajstić information content (AvgIpc) is 2.80. The summed E-state index contributed by atoms with van der Waals surface area (Å²) in [6.45, 7) is 6.25. The molecule has 0 saturated carbocycles. The van der Waals surface area contributed by atoms with E-state index in [1.165, 1.54) is 4.57 Å². The number of rotatable bonds is 1. The van der Waals surface area contributed by atoms with Crippen molar-refractivity contribution in [3.63, 3.8) is 0 Å². The summed E-state index contributed by atoms with van der Waals surface area (Å²) in [5, 5.41) is 10.9. The molecule has 0 bridgehead atoms. The Labute approximate surface area is 139 Å². The van der Waals surface area contributed by atoms with Crippen molar-refractivity contribution in [3.8, 4) is 11.3 Å². The molecule has 0 radical (unpaired) electrons. The van der Waals surface area contributed by atoms with Crippen LogP contribution in [-0.2, 0) is 5.41 Å². The third-order valence-electron chi connectivity index (χ3n) is 3.87. The van der Waals surface area contributed by atoms with Crippen LogP contribution in [0.5, 0.6) is 0 Å². The Bertz CT molecular complexity index is 893. The molecule has 0 saturated heterocycles. The van der Waals surface area contributed by atoms with E-state index in [4.69, 9.17) is 11.6 Å². The normalized spacial score (nSPS) is 11.8. The standard InChI is InChI=1S/C18H17ClN2O2/c1-18(2,3)12-7-4-8-13-14(12)15(19)16(21(13)17(22)23)11-6-5-9-20-10-11/h4-10H,1-3H3,(H,22,23). The lowest BCUT2D eigenvalue weighted by Gasteiger charge is -2.20. The summed E-state index contributed by atoms with van der Waals surface area (Å²) in [6.07, 6.45) is 2.20. The molecule has 23 heavy (non-hydrogen) atoms. The van der Waals surface area contributed by atoms with Crippen LogP contribution in [0.2, 0.25) is 5.02 Å². The first-order valence-corrected chi connectivity index (χ1v) is 7.67. The molecule has 2 heterocycles. The van der Waals surface area contributed by atoms with Crippen LogP contribution in [0.3, 0.4) is 0 Å². The number of carboxylic acid groups (broad SMARTS) is 1. The number of benzene rings is 1. The molecule has 0 aliphatic heterocycles. The molecule has 0 aliphatic rings. The number of hydrogen-bond acceptors (Lipinski definition) is 2. The van der Waals surface area contributed by atoms with E-state index in [0.29, 0.717) is 21.8 Å². The van der Waals surface area contributed by atoms with Gasteiger partial charge in [0, 0.05) is 23.3 Å². The van der Waals surface area contributed by atoms with E-state index < -0.39 is 6.09 Å². The number of halogens is 1. The van der Waals surface area contributed by atoms with Crippen LogP contribution in [0.1, 0.15) is 26.3 Å². The second-order valence-corrected chi connectivity index (χ2v) is 6.85. The lowest BCUT2D eigenvalue weighted by Crippen LogP contribution is -2.12. The summed E-state index contributed by atoms with van der Waals surface area (Å²) in [6, 6.07) is 9.22. The Balaban J connectivity index is 2.49. The summed E-state index contributed by atoms with van der Waals surface area (Å²) in [5.41, 5.74) is 2.59. The Hall–Kier alpha value is -2.33. The van der Waals surface area contributed by atoms with Gasteiger partial charge in [-0.3, -0.25) is 4.98 Å². The summed E-state index contributed by atoms with van der Waals surface area (Å²) in [4.78, 5) is 15.9. The fraction of sp³-hybridized carbons (Fsp3) is 0.222. The van der Waals surface area contributed by atoms with Crippen molar-refractivity contribution < 1.29 is 9.90 Å². The van der Waals surface area contributed by atoms with Crippen LogP contribution in [0.15, 0.2) is 42.7 Å². The maximum absolute atomic E-state index is 11.9. The molecule has 4 nitrogen and oxygen atoms in total. The van der Waals surface area contributed by atoms with Gasteiger partial charge in [0.2, 0.25) is 0 Å². The van der Waals surface area contributed by atoms with Crippen molar-refractivity contribution in [2.75, 3.05) is 0 Å². The zero-order valence-electron chi connectivity index (χ0n) is 13.2. The fourth-order valence-corrected chi connectivity index (χ4v) is 3.27. The predicted octanol–water partition coefficient (Wildman–Crippen LogP) is 5.18. The van der Waals surface area contributed by atoms with Crippen molar-refractivity contribution in [2.45, 2.75) is 26.2 Å². The van der Waals surface area contributed by atoms with Crippen molar-refractivity contribution in [3.05, 3.63) is 53.3 Å². The summed E-state index contributed by atoms with van der Waals surface area (Å²) in [5.74, 6) is 0. The molecule has 0 fully saturated rings. The van der Waals surface area contributed by atoms with Gasteiger partial charge in [0.25, 0.3) is 0 Å². The molecule has 0 aliphatic carbocycles. The highest BCUT2D eigenvalue weighted by molar-refractivity contribution is 6.39. The monoisotopic (exact) mass is 328 g/mol. The number of nitrogens with zero attached hydrogens (tertiary/aromatic N) is 2. The maximum atomic E-state index is 11.9. The first-order chi connectivity index (χ1) is 10.8. The second-order valence-electron chi connectivity index (χ2n) is 6.47. The van der Waals surface area contributed by atoms with E-state index in [9.17, 15) is 9.90 Å². The molecule has 3 rings (SSSR count). The van der Waals surface area contributed by atoms with Gasteiger partial charge < -0.3 is 5.11 Å². The van der Waals surface area contributed by atoms with Crippen LogP contribution in [0.4, 0.5) is 4.79 Å². The summed E-state index contributed by atoms with van der Waals surface area (Å²) in [7, 11) is 0. The maximum Gasteiger partial charge on any atom is 0.416 e. The minimum absolute atomic E-state index is 0.153. The summed E-state index contributed by atoms with van der Waals surface area (Å²) >= 11 is 6.64. The smallest absolute Gasteiger partial charge is 0.416 e. The van der Waals surface area contributed by atoms with Crippen LogP contribution >= 0.6 is 11.6 Å². The first kappa shape index (κ1) is 15.6. The third-order valence-corrected chi connectivity index (χ3v) is 4.24. The van der Waals surface area contributed by atoms with Crippen LogP contribution in [0.25, 0.3) is 22.2 Å². The number of fused-ring (bicyclic) bond motifs is 1. The van der Waals surface area contributed by atoms with Crippen LogP contribution < -0.4 is 0 Å². The highest BCUT2D eigenvalue weighted by Crippen LogP contribution is 2.42.